The van der Waals surface area contributed by atoms with E-state index in [4.69, 9.17) is 4.74 Å². The van der Waals surface area contributed by atoms with Crippen LogP contribution < -0.4 is 0 Å². The van der Waals surface area contributed by atoms with Crippen LogP contribution in [0, 0.1) is 5.41 Å². The Bertz CT molecular complexity index is 278. The summed E-state index contributed by atoms with van der Waals surface area (Å²) in [6.07, 6.45) is 3.86. The average Bonchev–Trinajstić information content (AvgIpc) is 2.12. The van der Waals surface area contributed by atoms with E-state index in [-0.39, 0.29) is 11.2 Å². The van der Waals surface area contributed by atoms with Gasteiger partial charge in [-0.05, 0) is 24.7 Å². The third kappa shape index (κ3) is 4.04. The van der Waals surface area contributed by atoms with Crippen molar-refractivity contribution in [1.82, 2.24) is 0 Å². The Labute approximate surface area is 101 Å². The fourth-order valence-electron chi connectivity index (χ4n) is 1.96. The highest BCUT2D eigenvalue weighted by Crippen LogP contribution is 2.43. The largest absolute Gasteiger partial charge is 0.385 e. The van der Waals surface area contributed by atoms with Crippen LogP contribution >= 0.6 is 15.9 Å². The van der Waals surface area contributed by atoms with Crippen molar-refractivity contribution < 1.29 is 13.2 Å². The average molecular weight is 299 g/mol. The number of ether oxygens (including phenoxy) is 1. The Morgan fingerprint density at radius 2 is 2.07 bits per heavy atom. The highest BCUT2D eigenvalue weighted by atomic mass is 79.9. The van der Waals surface area contributed by atoms with Crippen LogP contribution in [-0.4, -0.2) is 39.0 Å². The zero-order chi connectivity index (χ0) is 11.4. The molecule has 0 aromatic rings. The lowest BCUT2D eigenvalue weighted by Gasteiger charge is -2.40. The minimum absolute atomic E-state index is 0.0336. The summed E-state index contributed by atoms with van der Waals surface area (Å²) in [5.41, 5.74) is 0.0336. The summed E-state index contributed by atoms with van der Waals surface area (Å²) in [7, 11) is -1.30. The summed E-state index contributed by atoms with van der Waals surface area (Å²) in [5.74, 6) is 0.602. The molecule has 0 aromatic heterocycles. The Morgan fingerprint density at radius 3 is 2.47 bits per heavy atom. The molecule has 90 valence electrons. The summed E-state index contributed by atoms with van der Waals surface area (Å²) < 4.78 is 28.5. The number of hydrogen-bond acceptors (Lipinski definition) is 3. The fourth-order valence-corrected chi connectivity index (χ4v) is 5.00. The smallest absolute Gasteiger partial charge is 0.150 e. The Morgan fingerprint density at radius 1 is 1.40 bits per heavy atom. The topological polar surface area (TPSA) is 43.4 Å². The number of halogens is 1. The first-order valence-electron chi connectivity index (χ1n) is 5.29. The Balaban J connectivity index is 2.41. The van der Waals surface area contributed by atoms with Crippen LogP contribution in [0.2, 0.25) is 0 Å². The predicted octanol–water partition coefficient (Wildman–Crippen LogP) is 2.00. The van der Waals surface area contributed by atoms with Crippen molar-refractivity contribution in [2.75, 3.05) is 30.6 Å². The molecule has 15 heavy (non-hydrogen) atoms. The molecule has 0 saturated heterocycles. The van der Waals surface area contributed by atoms with Crippen molar-refractivity contribution in [2.24, 2.45) is 5.41 Å². The highest BCUT2D eigenvalue weighted by Gasteiger charge is 2.39. The lowest BCUT2D eigenvalue weighted by molar-refractivity contribution is 0.196. The molecule has 0 heterocycles. The van der Waals surface area contributed by atoms with E-state index < -0.39 is 9.84 Å². The van der Waals surface area contributed by atoms with Crippen LogP contribution in [0.5, 0.6) is 0 Å². The molecule has 0 atom stereocenters. The van der Waals surface area contributed by atoms with Crippen LogP contribution in [0.3, 0.4) is 0 Å². The van der Waals surface area contributed by atoms with E-state index in [1.165, 1.54) is 6.42 Å². The van der Waals surface area contributed by atoms with Gasteiger partial charge in [-0.3, -0.25) is 0 Å². The van der Waals surface area contributed by atoms with Gasteiger partial charge in [-0.15, -0.1) is 0 Å². The summed E-state index contributed by atoms with van der Waals surface area (Å²) >= 11 is 3.43. The van der Waals surface area contributed by atoms with Crippen molar-refractivity contribution in [3.05, 3.63) is 0 Å². The summed E-state index contributed by atoms with van der Waals surface area (Å²) in [6.45, 7) is 0.528. The normalized spacial score (nSPS) is 19.9. The maximum absolute atomic E-state index is 11.8. The number of hydrogen-bond donors (Lipinski definition) is 0. The lowest BCUT2D eigenvalue weighted by atomic mass is 9.72. The Hall–Kier alpha value is 0.390. The van der Waals surface area contributed by atoms with Gasteiger partial charge in [0, 0.05) is 19.0 Å². The van der Waals surface area contributed by atoms with Gasteiger partial charge < -0.3 is 4.74 Å². The summed E-state index contributed by atoms with van der Waals surface area (Å²) in [5, 5.41) is 0.809. The van der Waals surface area contributed by atoms with Crippen LogP contribution in [0.4, 0.5) is 0 Å². The molecule has 0 spiro atoms. The molecule has 1 saturated carbocycles. The molecule has 1 aliphatic rings. The molecule has 0 aliphatic heterocycles. The number of rotatable bonds is 7. The van der Waals surface area contributed by atoms with E-state index >= 15 is 0 Å². The zero-order valence-corrected chi connectivity index (χ0v) is 11.6. The molecule has 1 aliphatic carbocycles. The minimum Gasteiger partial charge on any atom is -0.385 e. The quantitative estimate of drug-likeness (QED) is 0.533. The molecule has 0 bridgehead atoms. The van der Waals surface area contributed by atoms with Crippen molar-refractivity contribution >= 4 is 25.8 Å². The van der Waals surface area contributed by atoms with E-state index in [0.717, 1.165) is 18.2 Å². The van der Waals surface area contributed by atoms with Crippen molar-refractivity contribution in [1.29, 1.82) is 0 Å². The molecule has 1 fully saturated rings. The number of sulfone groups is 1. The second-order valence-corrected chi connectivity index (χ2v) is 7.17. The van der Waals surface area contributed by atoms with E-state index in [0.29, 0.717) is 18.8 Å². The van der Waals surface area contributed by atoms with Crippen LogP contribution in [0.1, 0.15) is 25.7 Å². The van der Waals surface area contributed by atoms with E-state index in [1.54, 1.807) is 7.11 Å². The van der Waals surface area contributed by atoms with Gasteiger partial charge in [-0.2, -0.15) is 0 Å². The highest BCUT2D eigenvalue weighted by molar-refractivity contribution is 9.09. The maximum Gasteiger partial charge on any atom is 0.150 e. The maximum atomic E-state index is 11.8. The summed E-state index contributed by atoms with van der Waals surface area (Å²) in [4.78, 5) is 0. The molecular formula is C10H19BrO3S. The van der Waals surface area contributed by atoms with Crippen molar-refractivity contribution in [3.8, 4) is 0 Å². The third-order valence-corrected chi connectivity index (χ3v) is 6.18. The molecule has 0 aromatic carbocycles. The fraction of sp³-hybridized carbons (Fsp3) is 1.00. The monoisotopic (exact) mass is 298 g/mol. The third-order valence-electron chi connectivity index (χ3n) is 3.03. The van der Waals surface area contributed by atoms with Gasteiger partial charge >= 0.3 is 0 Å². The molecule has 0 amide bonds. The zero-order valence-electron chi connectivity index (χ0n) is 9.17. The first-order valence-corrected chi connectivity index (χ1v) is 8.23. The second-order valence-electron chi connectivity index (χ2n) is 4.43. The molecular weight excluding hydrogens is 280 g/mol. The van der Waals surface area contributed by atoms with Gasteiger partial charge in [0.2, 0.25) is 0 Å². The van der Waals surface area contributed by atoms with Crippen molar-refractivity contribution in [3.63, 3.8) is 0 Å². The van der Waals surface area contributed by atoms with Crippen LogP contribution in [0.15, 0.2) is 0 Å². The second kappa shape index (κ2) is 5.64. The molecule has 0 unspecified atom stereocenters. The lowest BCUT2D eigenvalue weighted by Crippen LogP contribution is -2.39. The first-order chi connectivity index (χ1) is 7.04. The van der Waals surface area contributed by atoms with Gasteiger partial charge in [0.05, 0.1) is 11.5 Å². The van der Waals surface area contributed by atoms with Gasteiger partial charge in [0.25, 0.3) is 0 Å². The van der Waals surface area contributed by atoms with E-state index in [2.05, 4.69) is 15.9 Å². The van der Waals surface area contributed by atoms with Gasteiger partial charge in [0.1, 0.15) is 0 Å². The molecule has 0 N–H and O–H groups in total. The number of methoxy groups -OCH3 is 1. The van der Waals surface area contributed by atoms with Crippen LogP contribution in [0.25, 0.3) is 0 Å². The van der Waals surface area contributed by atoms with E-state index in [9.17, 15) is 8.42 Å². The van der Waals surface area contributed by atoms with Gasteiger partial charge in [-0.1, -0.05) is 22.4 Å². The van der Waals surface area contributed by atoms with Gasteiger partial charge in [-0.25, -0.2) is 8.42 Å². The first kappa shape index (κ1) is 13.5. The molecule has 0 radical (unpaired) electrons. The molecule has 1 rings (SSSR count). The molecule has 5 heteroatoms. The standard InChI is InChI=1S/C10H19BrO3S/c1-14-6-3-7-15(12,13)9-10(8-11)4-2-5-10/h2-9H2,1H3. The predicted molar refractivity (Wildman–Crippen MR) is 65.2 cm³/mol. The summed E-state index contributed by atoms with van der Waals surface area (Å²) in [6, 6.07) is 0. The minimum atomic E-state index is -2.89. The van der Waals surface area contributed by atoms with Crippen molar-refractivity contribution in [2.45, 2.75) is 25.7 Å². The van der Waals surface area contributed by atoms with E-state index in [1.807, 2.05) is 0 Å². The number of alkyl halides is 1. The van der Waals surface area contributed by atoms with Crippen LogP contribution in [-0.2, 0) is 14.6 Å². The molecule has 3 nitrogen and oxygen atoms in total. The Kier molecular flexibility index (Phi) is 5.06. The SMILES string of the molecule is COCCCS(=O)(=O)CC1(CBr)CCC1. The van der Waals surface area contributed by atoms with Gasteiger partial charge in [0.15, 0.2) is 9.84 Å².